The number of carbonyl (C=O) groups excluding carboxylic acids is 1. The highest BCUT2D eigenvalue weighted by Gasteiger charge is 2.62. The van der Waals surface area contributed by atoms with Gasteiger partial charge in [0.05, 0.1) is 6.61 Å². The molecule has 0 saturated carbocycles. The summed E-state index contributed by atoms with van der Waals surface area (Å²) in [7, 11) is 0. The van der Waals surface area contributed by atoms with Gasteiger partial charge in [-0.05, 0) is 6.92 Å². The van der Waals surface area contributed by atoms with E-state index in [0.717, 1.165) is 6.92 Å². The summed E-state index contributed by atoms with van der Waals surface area (Å²) in [5.41, 5.74) is 2.43. The number of ether oxygens (including phenoxy) is 1. The van der Waals surface area contributed by atoms with Gasteiger partial charge in [0.1, 0.15) is 12.2 Å². The quantitative estimate of drug-likeness (QED) is 0.266. The normalized spacial score (nSPS) is 49.1. The molecule has 1 heterocycles. The number of aliphatic hydroxyl groups excluding tert-OH is 3. The van der Waals surface area contributed by atoms with Crippen molar-refractivity contribution in [2.45, 2.75) is 36.7 Å². The van der Waals surface area contributed by atoms with E-state index in [1.807, 2.05) is 0 Å². The van der Waals surface area contributed by atoms with Gasteiger partial charge in [-0.1, -0.05) is 0 Å². The van der Waals surface area contributed by atoms with E-state index in [2.05, 4.69) is 4.74 Å². The van der Waals surface area contributed by atoms with Crippen molar-refractivity contribution >= 4 is 5.78 Å². The maximum Gasteiger partial charge on any atom is 0.253 e. The fraction of sp³-hybridized carbons (Fsp3) is 0.875. The fourth-order valence-corrected chi connectivity index (χ4v) is 1.67. The van der Waals surface area contributed by atoms with Crippen LogP contribution in [0, 0.1) is 0 Å². The molecule has 0 aromatic rings. The molecule has 0 radical (unpaired) electrons. The van der Waals surface area contributed by atoms with E-state index in [9.17, 15) is 25.2 Å². The molecule has 1 rings (SSSR count). The first-order valence-corrected chi connectivity index (χ1v) is 4.57. The predicted octanol–water partition coefficient (Wildman–Crippen LogP) is -3.98. The summed E-state index contributed by atoms with van der Waals surface area (Å²) >= 11 is 0. The minimum absolute atomic E-state index is 0.789. The van der Waals surface area contributed by atoms with E-state index >= 15 is 0 Å². The van der Waals surface area contributed by atoms with Gasteiger partial charge in [0.25, 0.3) is 5.91 Å². The van der Waals surface area contributed by atoms with E-state index in [1.54, 1.807) is 0 Å². The van der Waals surface area contributed by atoms with E-state index in [-0.39, 0.29) is 0 Å². The molecule has 0 aromatic carbocycles. The van der Waals surface area contributed by atoms with E-state index in [0.29, 0.717) is 0 Å². The Morgan fingerprint density at radius 1 is 1.44 bits per heavy atom. The van der Waals surface area contributed by atoms with Gasteiger partial charge in [-0.25, -0.2) is 0 Å². The highest BCUT2D eigenvalue weighted by atomic mass is 16.7. The first-order valence-electron chi connectivity index (χ1n) is 4.57. The Balaban J connectivity index is 3.17. The van der Waals surface area contributed by atoms with Crippen LogP contribution in [0.1, 0.15) is 6.92 Å². The second-order valence-corrected chi connectivity index (χ2v) is 3.82. The van der Waals surface area contributed by atoms with Crippen LogP contribution in [0.25, 0.3) is 0 Å². The Morgan fingerprint density at radius 3 is 2.31 bits per heavy atom. The Morgan fingerprint density at radius 2 is 1.94 bits per heavy atom. The lowest BCUT2D eigenvalue weighted by molar-refractivity contribution is -0.364. The number of nitrogens with two attached hydrogens (primary N) is 1. The summed E-state index contributed by atoms with van der Waals surface area (Å²) in [5.74, 6) is -3.73. The van der Waals surface area contributed by atoms with Crippen LogP contribution >= 0.6 is 0 Å². The number of Topliss-reactive ketones (excluding diaryl/α,β-unsaturated/α-hetero) is 1. The second kappa shape index (κ2) is 4.00. The molecule has 7 N–H and O–H groups in total. The fourth-order valence-electron chi connectivity index (χ4n) is 1.67. The molecule has 0 aromatic heterocycles. The summed E-state index contributed by atoms with van der Waals surface area (Å²) in [6.45, 7) is 0.116. The highest BCUT2D eigenvalue weighted by molar-refractivity contribution is 5.86. The maximum atomic E-state index is 11.2. The van der Waals surface area contributed by atoms with E-state index < -0.39 is 42.2 Å². The number of rotatable bonds is 2. The summed E-state index contributed by atoms with van der Waals surface area (Å²) < 4.78 is 4.56. The molecule has 1 saturated heterocycles. The molecule has 8 heteroatoms. The van der Waals surface area contributed by atoms with Crippen LogP contribution in [0.2, 0.25) is 0 Å². The highest BCUT2D eigenvalue weighted by Crippen LogP contribution is 2.33. The molecule has 16 heavy (non-hydrogen) atoms. The Bertz CT molecular complexity index is 294. The van der Waals surface area contributed by atoms with Gasteiger partial charge in [0.2, 0.25) is 0 Å². The molecule has 5 atom stereocenters. The van der Waals surface area contributed by atoms with Crippen LogP contribution in [0.5, 0.6) is 0 Å². The van der Waals surface area contributed by atoms with Crippen molar-refractivity contribution in [1.82, 2.24) is 0 Å². The van der Waals surface area contributed by atoms with Crippen LogP contribution in [-0.2, 0) is 9.53 Å². The number of hydrogen-bond donors (Lipinski definition) is 6. The summed E-state index contributed by atoms with van der Waals surface area (Å²) in [5, 5.41) is 47.2. The third-order valence-electron chi connectivity index (χ3n) is 2.70. The van der Waals surface area contributed by atoms with Crippen LogP contribution in [0.4, 0.5) is 0 Å². The average Bonchev–Trinajstić information content (AvgIpc) is 2.20. The van der Waals surface area contributed by atoms with Crippen LogP contribution < -0.4 is 5.73 Å². The van der Waals surface area contributed by atoms with Gasteiger partial charge in [-0.2, -0.15) is 0 Å². The Hall–Kier alpha value is -0.610. The van der Waals surface area contributed by atoms with Gasteiger partial charge >= 0.3 is 0 Å². The zero-order chi connectivity index (χ0) is 12.7. The first-order chi connectivity index (χ1) is 7.17. The predicted molar refractivity (Wildman–Crippen MR) is 48.7 cm³/mol. The number of hydrogen-bond acceptors (Lipinski definition) is 8. The standard InChI is InChI=1S/C8H15NO7/c1-3(11)7(14)5(12)4(2-10)16-8(9,15)6(7)13/h4-6,10,12-15H,2,9H2,1H3/t4-,5+,6-,7+,8?/m1/s1. The van der Waals surface area contributed by atoms with Crippen LogP contribution in [0.15, 0.2) is 0 Å². The summed E-state index contributed by atoms with van der Waals surface area (Å²) in [4.78, 5) is 11.2. The van der Waals surface area contributed by atoms with Crippen molar-refractivity contribution in [1.29, 1.82) is 0 Å². The lowest BCUT2D eigenvalue weighted by Crippen LogP contribution is -2.77. The molecule has 0 bridgehead atoms. The van der Waals surface area contributed by atoms with Gasteiger partial charge in [-0.3, -0.25) is 10.5 Å². The van der Waals surface area contributed by atoms with Crippen molar-refractivity contribution in [2.75, 3.05) is 6.61 Å². The largest absolute Gasteiger partial charge is 0.394 e. The van der Waals surface area contributed by atoms with Gasteiger partial charge in [0.15, 0.2) is 17.5 Å². The molecule has 8 nitrogen and oxygen atoms in total. The van der Waals surface area contributed by atoms with E-state index in [1.165, 1.54) is 0 Å². The number of ketones is 1. The Labute approximate surface area is 90.9 Å². The topological polar surface area (TPSA) is 153 Å². The molecule has 0 spiro atoms. The summed E-state index contributed by atoms with van der Waals surface area (Å²) in [6.07, 6.45) is -5.60. The third kappa shape index (κ3) is 1.74. The SMILES string of the molecule is CC(=O)[C@]1(O)[C@@H](O)[C@@H](CO)OC(N)(O)[C@@H]1O. The zero-order valence-corrected chi connectivity index (χ0v) is 8.57. The lowest BCUT2D eigenvalue weighted by Gasteiger charge is -2.48. The molecule has 1 aliphatic heterocycles. The van der Waals surface area contributed by atoms with Crippen molar-refractivity contribution in [3.05, 3.63) is 0 Å². The van der Waals surface area contributed by atoms with Crippen molar-refractivity contribution < 1.29 is 35.1 Å². The lowest BCUT2D eigenvalue weighted by atomic mass is 9.80. The van der Waals surface area contributed by atoms with Gasteiger partial charge in [0, 0.05) is 0 Å². The summed E-state index contributed by atoms with van der Waals surface area (Å²) in [6, 6.07) is 0. The number of aliphatic hydroxyl groups is 5. The van der Waals surface area contributed by atoms with E-state index in [4.69, 9.17) is 10.8 Å². The maximum absolute atomic E-state index is 11.2. The molecular weight excluding hydrogens is 222 g/mol. The smallest absolute Gasteiger partial charge is 0.253 e. The first kappa shape index (κ1) is 13.5. The molecule has 1 aliphatic rings. The van der Waals surface area contributed by atoms with Gasteiger partial charge < -0.3 is 30.3 Å². The minimum atomic E-state index is -2.73. The van der Waals surface area contributed by atoms with Crippen LogP contribution in [0.3, 0.4) is 0 Å². The minimum Gasteiger partial charge on any atom is -0.394 e. The average molecular weight is 237 g/mol. The Kier molecular flexibility index (Phi) is 3.37. The van der Waals surface area contributed by atoms with Crippen molar-refractivity contribution in [3.8, 4) is 0 Å². The van der Waals surface area contributed by atoms with Crippen LogP contribution in [-0.4, -0.2) is 67.7 Å². The van der Waals surface area contributed by atoms with Crippen molar-refractivity contribution in [2.24, 2.45) is 5.73 Å². The molecule has 1 fully saturated rings. The molecular formula is C8H15NO7. The number of carbonyl (C=O) groups is 1. The monoisotopic (exact) mass is 237 g/mol. The van der Waals surface area contributed by atoms with Crippen molar-refractivity contribution in [3.63, 3.8) is 0 Å². The molecule has 1 unspecified atom stereocenters. The zero-order valence-electron chi connectivity index (χ0n) is 8.57. The molecule has 0 amide bonds. The molecule has 0 aliphatic carbocycles. The third-order valence-corrected chi connectivity index (χ3v) is 2.70. The van der Waals surface area contributed by atoms with Gasteiger partial charge in [-0.15, -0.1) is 0 Å². The second-order valence-electron chi connectivity index (χ2n) is 3.82. The molecule has 94 valence electrons.